The molecule has 0 atom stereocenters. The van der Waals surface area contributed by atoms with E-state index in [4.69, 9.17) is 45.3 Å². The Morgan fingerprint density at radius 2 is 1.73 bits per heavy atom. The third-order valence-electron chi connectivity index (χ3n) is 4.34. The number of hydrogen-bond acceptors (Lipinski definition) is 5. The molecule has 0 unspecified atom stereocenters. The van der Waals surface area contributed by atoms with Crippen LogP contribution >= 0.6 is 34.8 Å². The number of anilines is 1. The van der Waals surface area contributed by atoms with E-state index in [9.17, 15) is 4.79 Å². The Hall–Kier alpha value is -3.00. The van der Waals surface area contributed by atoms with Crippen molar-refractivity contribution in [1.29, 1.82) is 0 Å². The van der Waals surface area contributed by atoms with Crippen LogP contribution in [0.3, 0.4) is 0 Å². The summed E-state index contributed by atoms with van der Waals surface area (Å²) in [5.41, 5.74) is 6.28. The van der Waals surface area contributed by atoms with Crippen molar-refractivity contribution < 1.29 is 9.53 Å². The number of nitrogens with zero attached hydrogens (tertiary/aromatic N) is 2. The zero-order valence-corrected chi connectivity index (χ0v) is 17.5. The molecule has 1 heterocycles. The van der Waals surface area contributed by atoms with E-state index in [-0.39, 0.29) is 18.1 Å². The number of carbonyl (C=O) groups is 1. The lowest BCUT2D eigenvalue weighted by Crippen LogP contribution is -2.24. The van der Waals surface area contributed by atoms with Crippen LogP contribution in [-0.2, 0) is 6.54 Å². The zero-order chi connectivity index (χ0) is 21.3. The first kappa shape index (κ1) is 20.3. The summed E-state index contributed by atoms with van der Waals surface area (Å²) in [6.45, 7) is 0.161. The summed E-state index contributed by atoms with van der Waals surface area (Å²) in [5.74, 6) is 0.493. The molecule has 0 saturated heterocycles. The van der Waals surface area contributed by atoms with Crippen LogP contribution in [0.15, 0.2) is 48.5 Å². The molecule has 0 radical (unpaired) electrons. The third kappa shape index (κ3) is 4.00. The van der Waals surface area contributed by atoms with Crippen LogP contribution in [0.2, 0.25) is 15.1 Å². The number of H-pyrrole nitrogens is 1. The minimum atomic E-state index is -0.471. The Balaban J connectivity index is 1.56. The van der Waals surface area contributed by atoms with E-state index in [2.05, 4.69) is 20.7 Å². The van der Waals surface area contributed by atoms with Gasteiger partial charge in [0.25, 0.3) is 5.91 Å². The van der Waals surface area contributed by atoms with E-state index in [1.54, 1.807) is 24.3 Å². The predicted molar refractivity (Wildman–Crippen MR) is 117 cm³/mol. The molecule has 10 heteroatoms. The highest BCUT2D eigenvalue weighted by molar-refractivity contribution is 6.37. The monoisotopic (exact) mass is 461 g/mol. The number of nitrogens with two attached hydrogens (primary N) is 1. The predicted octanol–water partition coefficient (Wildman–Crippen LogP) is 5.22. The average molecular weight is 463 g/mol. The molecule has 152 valence electrons. The van der Waals surface area contributed by atoms with Crippen LogP contribution in [0.1, 0.15) is 16.1 Å². The highest BCUT2D eigenvalue weighted by Crippen LogP contribution is 2.40. The molecular weight excluding hydrogens is 449 g/mol. The maximum absolute atomic E-state index is 12.1. The molecule has 30 heavy (non-hydrogen) atoms. The second-order valence-corrected chi connectivity index (χ2v) is 7.56. The number of aromatic nitrogens is 3. The van der Waals surface area contributed by atoms with Crippen LogP contribution in [0.4, 0.5) is 5.82 Å². The van der Waals surface area contributed by atoms with Gasteiger partial charge in [0.2, 0.25) is 0 Å². The lowest BCUT2D eigenvalue weighted by atomic mass is 10.1. The van der Waals surface area contributed by atoms with Gasteiger partial charge in [-0.05, 0) is 29.8 Å². The molecule has 1 aromatic heterocycles. The van der Waals surface area contributed by atoms with Crippen LogP contribution in [0.25, 0.3) is 10.8 Å². The Labute approximate surface area is 186 Å². The van der Waals surface area contributed by atoms with E-state index in [1.807, 2.05) is 24.3 Å². The van der Waals surface area contributed by atoms with Crippen molar-refractivity contribution in [3.63, 3.8) is 0 Å². The van der Waals surface area contributed by atoms with Crippen molar-refractivity contribution in [2.24, 2.45) is 0 Å². The molecule has 3 aromatic carbocycles. The van der Waals surface area contributed by atoms with Crippen molar-refractivity contribution in [2.75, 3.05) is 5.73 Å². The first-order chi connectivity index (χ1) is 14.4. The average Bonchev–Trinajstić information content (AvgIpc) is 3.16. The first-order valence-corrected chi connectivity index (χ1v) is 9.85. The summed E-state index contributed by atoms with van der Waals surface area (Å²) in [4.78, 5) is 12.1. The van der Waals surface area contributed by atoms with Gasteiger partial charge in [-0.15, -0.1) is 5.10 Å². The van der Waals surface area contributed by atoms with Gasteiger partial charge < -0.3 is 15.8 Å². The fourth-order valence-corrected chi connectivity index (χ4v) is 3.75. The smallest absolute Gasteiger partial charge is 0.275 e. The van der Waals surface area contributed by atoms with E-state index >= 15 is 0 Å². The van der Waals surface area contributed by atoms with E-state index in [1.165, 1.54) is 0 Å². The number of carbonyl (C=O) groups excluding carboxylic acids is 1. The molecule has 0 aliphatic carbocycles. The third-order valence-corrected chi connectivity index (χ3v) is 5.24. The summed E-state index contributed by atoms with van der Waals surface area (Å²) in [6.07, 6.45) is 0. The normalized spacial score (nSPS) is 10.9. The number of amides is 1. The molecule has 0 bridgehead atoms. The molecule has 0 fully saturated rings. The number of hydrogen-bond donors (Lipinski definition) is 3. The van der Waals surface area contributed by atoms with Crippen LogP contribution in [-0.4, -0.2) is 21.3 Å². The summed E-state index contributed by atoms with van der Waals surface area (Å²) in [6, 6.07) is 14.4. The molecule has 0 spiro atoms. The number of aromatic amines is 1. The molecule has 0 saturated carbocycles. The van der Waals surface area contributed by atoms with Crippen molar-refractivity contribution in [3.8, 4) is 11.5 Å². The largest absolute Gasteiger partial charge is 0.454 e. The maximum Gasteiger partial charge on any atom is 0.275 e. The van der Waals surface area contributed by atoms with Crippen LogP contribution < -0.4 is 15.8 Å². The Morgan fingerprint density at radius 1 is 1.03 bits per heavy atom. The lowest BCUT2D eigenvalue weighted by Gasteiger charge is -2.14. The first-order valence-electron chi connectivity index (χ1n) is 8.72. The Bertz CT molecular complexity index is 1240. The van der Waals surface area contributed by atoms with E-state index < -0.39 is 5.91 Å². The van der Waals surface area contributed by atoms with Crippen molar-refractivity contribution >= 4 is 57.3 Å². The number of benzene rings is 3. The van der Waals surface area contributed by atoms with Gasteiger partial charge in [-0.1, -0.05) is 64.3 Å². The van der Waals surface area contributed by atoms with Gasteiger partial charge in [-0.25, -0.2) is 5.10 Å². The maximum atomic E-state index is 12.1. The van der Waals surface area contributed by atoms with Crippen molar-refractivity contribution in [1.82, 2.24) is 20.7 Å². The SMILES string of the molecule is Nc1[nH]nnc1C(=O)NCc1cc(Cl)c(Oc2ccc(Cl)c3ccccc23)c(Cl)c1. The molecule has 4 N–H and O–H groups in total. The summed E-state index contributed by atoms with van der Waals surface area (Å²) in [5, 5.41) is 15.1. The molecule has 0 aliphatic heterocycles. The van der Waals surface area contributed by atoms with Gasteiger partial charge in [0, 0.05) is 22.3 Å². The zero-order valence-electron chi connectivity index (χ0n) is 15.2. The Kier molecular flexibility index (Phi) is 5.67. The minimum Gasteiger partial charge on any atom is -0.454 e. The number of nitrogen functional groups attached to an aromatic ring is 1. The summed E-state index contributed by atoms with van der Waals surface area (Å²) in [7, 11) is 0. The van der Waals surface area contributed by atoms with Crippen molar-refractivity contribution in [3.05, 3.63) is 74.9 Å². The summed E-state index contributed by atoms with van der Waals surface area (Å²) < 4.78 is 6.01. The van der Waals surface area contributed by atoms with Gasteiger partial charge in [0.15, 0.2) is 17.3 Å². The van der Waals surface area contributed by atoms with Crippen LogP contribution in [0.5, 0.6) is 11.5 Å². The lowest BCUT2D eigenvalue weighted by molar-refractivity contribution is 0.0947. The second-order valence-electron chi connectivity index (χ2n) is 6.34. The van der Waals surface area contributed by atoms with Gasteiger partial charge in [0.1, 0.15) is 5.75 Å². The van der Waals surface area contributed by atoms with Gasteiger partial charge in [-0.3, -0.25) is 4.79 Å². The molecule has 0 aliphatic rings. The van der Waals surface area contributed by atoms with E-state index in [0.717, 1.165) is 10.8 Å². The number of halogens is 3. The van der Waals surface area contributed by atoms with Gasteiger partial charge >= 0.3 is 0 Å². The number of ether oxygens (including phenoxy) is 1. The number of nitrogens with one attached hydrogen (secondary N) is 2. The molecule has 1 amide bonds. The van der Waals surface area contributed by atoms with Crippen molar-refractivity contribution in [2.45, 2.75) is 6.54 Å². The highest BCUT2D eigenvalue weighted by Gasteiger charge is 2.16. The number of rotatable bonds is 5. The molecular formula is C20H14Cl3N5O2. The Morgan fingerprint density at radius 3 is 2.40 bits per heavy atom. The van der Waals surface area contributed by atoms with Crippen LogP contribution in [0, 0.1) is 0 Å². The standard InChI is InChI=1S/C20H14Cl3N5O2/c21-13-5-6-16(12-4-2-1-3-11(12)13)30-18-14(22)7-10(8-15(18)23)9-25-20(29)17-19(24)27-28-26-17/h1-8H,9H2,(H,25,29)(H3,24,26,27,28). The van der Waals surface area contributed by atoms with Gasteiger partial charge in [-0.2, -0.15) is 0 Å². The highest BCUT2D eigenvalue weighted by atomic mass is 35.5. The van der Waals surface area contributed by atoms with Gasteiger partial charge in [0.05, 0.1) is 10.0 Å². The molecule has 4 aromatic rings. The fourth-order valence-electron chi connectivity index (χ4n) is 2.92. The second kappa shape index (κ2) is 8.39. The molecule has 4 rings (SSSR count). The number of fused-ring (bicyclic) bond motifs is 1. The minimum absolute atomic E-state index is 0.0155. The molecule has 7 nitrogen and oxygen atoms in total. The summed E-state index contributed by atoms with van der Waals surface area (Å²) >= 11 is 19.1. The fraction of sp³-hybridized carbons (Fsp3) is 0.0500. The van der Waals surface area contributed by atoms with E-state index in [0.29, 0.717) is 32.1 Å². The quantitative estimate of drug-likeness (QED) is 0.377. The topological polar surface area (TPSA) is 106 Å².